The minimum Gasteiger partial charge on any atom is -0.466 e. The van der Waals surface area contributed by atoms with E-state index in [-0.39, 0.29) is 17.5 Å². The van der Waals surface area contributed by atoms with Crippen LogP contribution in [0.3, 0.4) is 0 Å². The van der Waals surface area contributed by atoms with Gasteiger partial charge in [0.15, 0.2) is 0 Å². The standard InChI is InChI=1S/C16H29NO3/c1-13(2)8-10-20-16(4,5)9-11-19-15(18)7-6-14(3)12-17/h13-14H,6-11H2,1-5H3. The monoisotopic (exact) mass is 283 g/mol. The zero-order valence-corrected chi connectivity index (χ0v) is 13.6. The van der Waals surface area contributed by atoms with E-state index in [0.29, 0.717) is 31.8 Å². The van der Waals surface area contributed by atoms with Gasteiger partial charge in [0.05, 0.1) is 18.3 Å². The van der Waals surface area contributed by atoms with Crippen LogP contribution < -0.4 is 0 Å². The van der Waals surface area contributed by atoms with Crippen molar-refractivity contribution < 1.29 is 14.3 Å². The van der Waals surface area contributed by atoms with E-state index in [9.17, 15) is 4.79 Å². The van der Waals surface area contributed by atoms with E-state index >= 15 is 0 Å². The fourth-order valence-corrected chi connectivity index (χ4v) is 1.52. The Morgan fingerprint density at radius 3 is 2.40 bits per heavy atom. The summed E-state index contributed by atoms with van der Waals surface area (Å²) in [6.07, 6.45) is 2.59. The Hall–Kier alpha value is -1.08. The van der Waals surface area contributed by atoms with Crippen molar-refractivity contribution in [1.29, 1.82) is 5.26 Å². The molecule has 116 valence electrons. The Balaban J connectivity index is 3.75. The highest BCUT2D eigenvalue weighted by molar-refractivity contribution is 5.69. The van der Waals surface area contributed by atoms with Crippen molar-refractivity contribution in [3.63, 3.8) is 0 Å². The van der Waals surface area contributed by atoms with Crippen molar-refractivity contribution >= 4 is 5.97 Å². The van der Waals surface area contributed by atoms with Crippen LogP contribution in [0.25, 0.3) is 0 Å². The van der Waals surface area contributed by atoms with Crippen LogP contribution in [0.1, 0.15) is 60.3 Å². The largest absolute Gasteiger partial charge is 0.466 e. The summed E-state index contributed by atoms with van der Waals surface area (Å²) in [6, 6.07) is 2.11. The summed E-state index contributed by atoms with van der Waals surface area (Å²) in [5.74, 6) is 0.300. The number of rotatable bonds is 10. The number of hydrogen-bond donors (Lipinski definition) is 0. The summed E-state index contributed by atoms with van der Waals surface area (Å²) in [4.78, 5) is 11.5. The van der Waals surface area contributed by atoms with E-state index < -0.39 is 0 Å². The van der Waals surface area contributed by atoms with E-state index in [4.69, 9.17) is 14.7 Å². The SMILES string of the molecule is CC(C)CCOC(C)(C)CCOC(=O)CCC(C)C#N. The number of ether oxygens (including phenoxy) is 2. The average Bonchev–Trinajstić information content (AvgIpc) is 2.34. The van der Waals surface area contributed by atoms with Crippen molar-refractivity contribution in [2.24, 2.45) is 11.8 Å². The van der Waals surface area contributed by atoms with Crippen molar-refractivity contribution in [3.05, 3.63) is 0 Å². The maximum atomic E-state index is 11.5. The quantitative estimate of drug-likeness (QED) is 0.574. The van der Waals surface area contributed by atoms with Gasteiger partial charge in [0.25, 0.3) is 0 Å². The summed E-state index contributed by atoms with van der Waals surface area (Å²) < 4.78 is 11.0. The molecule has 0 bridgehead atoms. The van der Waals surface area contributed by atoms with Gasteiger partial charge in [-0.15, -0.1) is 0 Å². The van der Waals surface area contributed by atoms with E-state index in [0.717, 1.165) is 13.0 Å². The molecule has 1 unspecified atom stereocenters. The van der Waals surface area contributed by atoms with Crippen LogP contribution in [0, 0.1) is 23.2 Å². The molecule has 0 saturated carbocycles. The molecule has 0 rings (SSSR count). The molecule has 0 heterocycles. The zero-order valence-electron chi connectivity index (χ0n) is 13.6. The minimum atomic E-state index is -0.269. The number of hydrogen-bond acceptors (Lipinski definition) is 4. The Morgan fingerprint density at radius 1 is 1.20 bits per heavy atom. The summed E-state index contributed by atoms with van der Waals surface area (Å²) in [6.45, 7) is 11.3. The summed E-state index contributed by atoms with van der Waals surface area (Å²) in [7, 11) is 0. The molecule has 1 atom stereocenters. The van der Waals surface area contributed by atoms with E-state index in [1.165, 1.54) is 0 Å². The summed E-state index contributed by atoms with van der Waals surface area (Å²) in [5, 5.41) is 8.63. The highest BCUT2D eigenvalue weighted by Gasteiger charge is 2.19. The number of carbonyl (C=O) groups is 1. The van der Waals surface area contributed by atoms with Crippen LogP contribution in [0.15, 0.2) is 0 Å². The third-order valence-electron chi connectivity index (χ3n) is 3.16. The molecule has 0 radical (unpaired) electrons. The predicted molar refractivity (Wildman–Crippen MR) is 79.1 cm³/mol. The van der Waals surface area contributed by atoms with Gasteiger partial charge in [0.1, 0.15) is 0 Å². The van der Waals surface area contributed by atoms with Gasteiger partial charge in [-0.25, -0.2) is 0 Å². The molecule has 0 aliphatic rings. The second-order valence-corrected chi connectivity index (χ2v) is 6.33. The van der Waals surface area contributed by atoms with Crippen molar-refractivity contribution in [2.75, 3.05) is 13.2 Å². The van der Waals surface area contributed by atoms with Crippen molar-refractivity contribution in [1.82, 2.24) is 0 Å². The molecule has 4 heteroatoms. The maximum absolute atomic E-state index is 11.5. The number of esters is 1. The Bertz CT molecular complexity index is 318. The topological polar surface area (TPSA) is 59.3 Å². The second kappa shape index (κ2) is 9.77. The molecule has 0 aromatic rings. The fourth-order valence-electron chi connectivity index (χ4n) is 1.52. The first-order valence-corrected chi connectivity index (χ1v) is 7.46. The van der Waals surface area contributed by atoms with Crippen molar-refractivity contribution in [3.8, 4) is 6.07 Å². The van der Waals surface area contributed by atoms with E-state index in [2.05, 4.69) is 19.9 Å². The van der Waals surface area contributed by atoms with Crippen LogP contribution >= 0.6 is 0 Å². The molecule has 20 heavy (non-hydrogen) atoms. The molecule has 0 aromatic heterocycles. The molecule has 0 N–H and O–H groups in total. The molecule has 0 aromatic carbocycles. The molecule has 0 fully saturated rings. The van der Waals surface area contributed by atoms with Crippen LogP contribution in [0.5, 0.6) is 0 Å². The number of nitrogens with zero attached hydrogens (tertiary/aromatic N) is 1. The average molecular weight is 283 g/mol. The predicted octanol–water partition coefficient (Wildman–Crippen LogP) is 3.70. The normalized spacial score (nSPS) is 13.1. The third-order valence-corrected chi connectivity index (χ3v) is 3.16. The number of nitriles is 1. The molecule has 0 aliphatic carbocycles. The van der Waals surface area contributed by atoms with Gasteiger partial charge in [-0.2, -0.15) is 5.26 Å². The second-order valence-electron chi connectivity index (χ2n) is 6.33. The minimum absolute atomic E-state index is 0.0987. The van der Waals surface area contributed by atoms with E-state index in [1.807, 2.05) is 13.8 Å². The summed E-state index contributed by atoms with van der Waals surface area (Å²) >= 11 is 0. The first-order valence-electron chi connectivity index (χ1n) is 7.46. The van der Waals surface area contributed by atoms with Gasteiger partial charge in [-0.1, -0.05) is 13.8 Å². The molecule has 0 aliphatic heterocycles. The Morgan fingerprint density at radius 2 is 1.85 bits per heavy atom. The zero-order chi connectivity index (χ0) is 15.6. The molecule has 0 spiro atoms. The van der Waals surface area contributed by atoms with Crippen molar-refractivity contribution in [2.45, 2.75) is 65.9 Å². The first-order chi connectivity index (χ1) is 9.26. The highest BCUT2D eigenvalue weighted by atomic mass is 16.5. The molecular weight excluding hydrogens is 254 g/mol. The lowest BCUT2D eigenvalue weighted by atomic mass is 10.1. The summed E-state index contributed by atoms with van der Waals surface area (Å²) in [5.41, 5.74) is -0.269. The molecular formula is C16H29NO3. The lowest BCUT2D eigenvalue weighted by molar-refractivity contribution is -0.145. The maximum Gasteiger partial charge on any atom is 0.305 e. The first kappa shape index (κ1) is 18.9. The van der Waals surface area contributed by atoms with Gasteiger partial charge in [-0.05, 0) is 39.5 Å². The van der Waals surface area contributed by atoms with Gasteiger partial charge in [-0.3, -0.25) is 4.79 Å². The molecule has 0 amide bonds. The van der Waals surface area contributed by atoms with Gasteiger partial charge < -0.3 is 9.47 Å². The van der Waals surface area contributed by atoms with Gasteiger partial charge in [0, 0.05) is 25.4 Å². The van der Waals surface area contributed by atoms with Crippen LogP contribution in [-0.2, 0) is 14.3 Å². The highest BCUT2D eigenvalue weighted by Crippen LogP contribution is 2.16. The molecule has 4 nitrogen and oxygen atoms in total. The number of carbonyl (C=O) groups excluding carboxylic acids is 1. The molecule has 0 saturated heterocycles. The van der Waals surface area contributed by atoms with Crippen LogP contribution in [0.4, 0.5) is 0 Å². The lowest BCUT2D eigenvalue weighted by Crippen LogP contribution is -2.27. The Labute approximate surface area is 123 Å². The smallest absolute Gasteiger partial charge is 0.305 e. The Kier molecular flexibility index (Phi) is 9.24. The van der Waals surface area contributed by atoms with Crippen LogP contribution in [-0.4, -0.2) is 24.8 Å². The lowest BCUT2D eigenvalue weighted by Gasteiger charge is -2.25. The van der Waals surface area contributed by atoms with Gasteiger partial charge >= 0.3 is 5.97 Å². The van der Waals surface area contributed by atoms with Crippen LogP contribution in [0.2, 0.25) is 0 Å². The fraction of sp³-hybridized carbons (Fsp3) is 0.875. The van der Waals surface area contributed by atoms with E-state index in [1.54, 1.807) is 6.92 Å². The van der Waals surface area contributed by atoms with Gasteiger partial charge in [0.2, 0.25) is 0 Å². The third kappa shape index (κ3) is 10.8.